The van der Waals surface area contributed by atoms with E-state index in [1.165, 1.54) is 17.5 Å². The highest BCUT2D eigenvalue weighted by Crippen LogP contribution is 2.36. The van der Waals surface area contributed by atoms with Gasteiger partial charge in [-0.05, 0) is 37.5 Å². The number of benzene rings is 1. The minimum absolute atomic E-state index is 0.0294. The first kappa shape index (κ1) is 25.6. The monoisotopic (exact) mass is 481 g/mol. The van der Waals surface area contributed by atoms with Crippen molar-refractivity contribution in [3.63, 3.8) is 0 Å². The van der Waals surface area contributed by atoms with Crippen molar-refractivity contribution < 1.29 is 35.9 Å². The molecule has 1 aromatic heterocycles. The molecule has 176 valence electrons. The quantitative estimate of drug-likeness (QED) is 0.523. The average Bonchev–Trinajstić information content (AvgIpc) is 3.07. The summed E-state index contributed by atoms with van der Waals surface area (Å²) in [7, 11) is 0. The maximum absolute atomic E-state index is 13.1. The lowest BCUT2D eigenvalue weighted by Gasteiger charge is -2.24. The molecule has 32 heavy (non-hydrogen) atoms. The fourth-order valence-corrected chi connectivity index (χ4v) is 3.35. The zero-order valence-corrected chi connectivity index (χ0v) is 18.2. The highest BCUT2D eigenvalue weighted by Gasteiger charge is 2.38. The van der Waals surface area contributed by atoms with Crippen LogP contribution < -0.4 is 5.32 Å². The molecule has 0 spiro atoms. The van der Waals surface area contributed by atoms with Gasteiger partial charge in [0.25, 0.3) is 5.91 Å². The first-order chi connectivity index (χ1) is 14.7. The maximum atomic E-state index is 13.1. The molecule has 0 saturated carbocycles. The molecule has 0 bridgehead atoms. The zero-order chi connectivity index (χ0) is 24.3. The lowest BCUT2D eigenvalue weighted by Crippen LogP contribution is -2.39. The molecular formula is C20H21F6N3O2S. The highest BCUT2D eigenvalue weighted by atomic mass is 32.1. The lowest BCUT2D eigenvalue weighted by atomic mass is 10.0. The van der Waals surface area contributed by atoms with Gasteiger partial charge in [0.05, 0.1) is 11.1 Å². The van der Waals surface area contributed by atoms with Crippen LogP contribution in [0.3, 0.4) is 0 Å². The number of anilines is 1. The summed E-state index contributed by atoms with van der Waals surface area (Å²) in [6.07, 6.45) is -8.26. The third-order valence-electron chi connectivity index (χ3n) is 4.30. The molecule has 0 aliphatic heterocycles. The van der Waals surface area contributed by atoms with Gasteiger partial charge in [-0.1, -0.05) is 13.8 Å². The fraction of sp³-hybridized carbons (Fsp3) is 0.450. The summed E-state index contributed by atoms with van der Waals surface area (Å²) in [5.41, 5.74) is -3.99. The SMILES string of the molecule is Cc1cnc(NC(=O)CN(CCC(C)C)C(=O)c2cc(C(F)(F)F)cc(C(F)(F)F)c2)s1. The number of hydrogen-bond acceptors (Lipinski definition) is 4. The van der Waals surface area contributed by atoms with Crippen LogP contribution in [0.5, 0.6) is 0 Å². The van der Waals surface area contributed by atoms with E-state index in [1.807, 2.05) is 13.8 Å². The van der Waals surface area contributed by atoms with E-state index in [0.717, 1.165) is 9.78 Å². The molecule has 0 aliphatic rings. The van der Waals surface area contributed by atoms with Gasteiger partial charge in [-0.25, -0.2) is 4.98 Å². The van der Waals surface area contributed by atoms with Gasteiger partial charge in [0.15, 0.2) is 5.13 Å². The van der Waals surface area contributed by atoms with Gasteiger partial charge >= 0.3 is 12.4 Å². The molecule has 2 amide bonds. The molecule has 0 unspecified atom stereocenters. The normalized spacial score (nSPS) is 12.2. The van der Waals surface area contributed by atoms with Gasteiger partial charge in [-0.2, -0.15) is 26.3 Å². The smallest absolute Gasteiger partial charge is 0.329 e. The number of alkyl halides is 6. The van der Waals surface area contributed by atoms with Crippen molar-refractivity contribution in [2.24, 2.45) is 5.92 Å². The Morgan fingerprint density at radius 1 is 1.06 bits per heavy atom. The van der Waals surface area contributed by atoms with E-state index in [0.29, 0.717) is 18.6 Å². The molecule has 5 nitrogen and oxygen atoms in total. The topological polar surface area (TPSA) is 62.3 Å². The summed E-state index contributed by atoms with van der Waals surface area (Å²) in [4.78, 5) is 31.0. The Kier molecular flexibility index (Phi) is 7.92. The molecular weight excluding hydrogens is 460 g/mol. The molecule has 0 aliphatic carbocycles. The summed E-state index contributed by atoms with van der Waals surface area (Å²) in [5, 5.41) is 2.74. The number of carbonyl (C=O) groups excluding carboxylic acids is 2. The van der Waals surface area contributed by atoms with Crippen molar-refractivity contribution in [3.8, 4) is 0 Å². The summed E-state index contributed by atoms with van der Waals surface area (Å²) in [5.74, 6) is -1.70. The Bertz CT molecular complexity index is 937. The van der Waals surface area contributed by atoms with Gasteiger partial charge in [0, 0.05) is 23.2 Å². The number of nitrogens with one attached hydrogen (secondary N) is 1. The van der Waals surface area contributed by atoms with Crippen LogP contribution in [-0.4, -0.2) is 34.8 Å². The number of hydrogen-bond donors (Lipinski definition) is 1. The van der Waals surface area contributed by atoms with Gasteiger partial charge in [-0.15, -0.1) is 11.3 Å². The van der Waals surface area contributed by atoms with Gasteiger partial charge < -0.3 is 10.2 Å². The Morgan fingerprint density at radius 3 is 2.06 bits per heavy atom. The second-order valence-electron chi connectivity index (χ2n) is 7.53. The maximum Gasteiger partial charge on any atom is 0.416 e. The van der Waals surface area contributed by atoms with Gasteiger partial charge in [-0.3, -0.25) is 9.59 Å². The number of aromatic nitrogens is 1. The second-order valence-corrected chi connectivity index (χ2v) is 8.76. The van der Waals surface area contributed by atoms with E-state index in [-0.39, 0.29) is 23.7 Å². The van der Waals surface area contributed by atoms with E-state index >= 15 is 0 Å². The Labute approximate surface area is 184 Å². The van der Waals surface area contributed by atoms with Crippen molar-refractivity contribution in [2.45, 2.75) is 39.5 Å². The molecule has 2 rings (SSSR count). The van der Waals surface area contributed by atoms with Crippen molar-refractivity contribution in [3.05, 3.63) is 46.0 Å². The van der Waals surface area contributed by atoms with Gasteiger partial charge in [0.1, 0.15) is 6.54 Å². The second kappa shape index (κ2) is 9.88. The molecule has 2 aromatic rings. The number of thiazole rings is 1. The highest BCUT2D eigenvalue weighted by molar-refractivity contribution is 7.15. The summed E-state index contributed by atoms with van der Waals surface area (Å²) in [6, 6.07) is 0.677. The first-order valence-electron chi connectivity index (χ1n) is 9.48. The van der Waals surface area contributed by atoms with Crippen molar-refractivity contribution in [2.75, 3.05) is 18.4 Å². The molecule has 1 N–H and O–H groups in total. The van der Waals surface area contributed by atoms with Crippen LogP contribution in [0.4, 0.5) is 31.5 Å². The molecule has 0 radical (unpaired) electrons. The Hall–Kier alpha value is -2.63. The van der Waals surface area contributed by atoms with Crippen LogP contribution in [0.25, 0.3) is 0 Å². The van der Waals surface area contributed by atoms with Crippen LogP contribution in [0.15, 0.2) is 24.4 Å². The standard InChI is InChI=1S/C20H21F6N3O2S/c1-11(2)4-5-29(10-16(30)28-18-27-9-12(3)32-18)17(31)13-6-14(19(21,22)23)8-15(7-13)20(24,25)26/h6-9,11H,4-5,10H2,1-3H3,(H,27,28,30). The van der Waals surface area contributed by atoms with Crippen LogP contribution in [0.1, 0.15) is 46.6 Å². The van der Waals surface area contributed by atoms with Crippen molar-refractivity contribution in [1.29, 1.82) is 0 Å². The Morgan fingerprint density at radius 2 is 1.62 bits per heavy atom. The molecule has 12 heteroatoms. The van der Waals surface area contributed by atoms with Crippen LogP contribution >= 0.6 is 11.3 Å². The molecule has 0 saturated heterocycles. The number of carbonyl (C=O) groups is 2. The molecule has 1 aromatic carbocycles. The van der Waals surface area contributed by atoms with Crippen LogP contribution in [-0.2, 0) is 17.1 Å². The third-order valence-corrected chi connectivity index (χ3v) is 5.13. The van der Waals surface area contributed by atoms with E-state index in [2.05, 4.69) is 10.3 Å². The lowest BCUT2D eigenvalue weighted by molar-refractivity contribution is -0.143. The van der Waals surface area contributed by atoms with E-state index < -0.39 is 47.4 Å². The third kappa shape index (κ3) is 7.21. The number of amides is 2. The number of rotatable bonds is 7. The first-order valence-corrected chi connectivity index (χ1v) is 10.3. The predicted molar refractivity (Wildman–Crippen MR) is 107 cm³/mol. The number of halogens is 6. The summed E-state index contributed by atoms with van der Waals surface area (Å²) >= 11 is 1.18. The van der Waals surface area contributed by atoms with E-state index in [9.17, 15) is 35.9 Å². The van der Waals surface area contributed by atoms with Crippen molar-refractivity contribution in [1.82, 2.24) is 9.88 Å². The van der Waals surface area contributed by atoms with Crippen LogP contribution in [0.2, 0.25) is 0 Å². The molecule has 1 heterocycles. The van der Waals surface area contributed by atoms with Crippen LogP contribution in [0, 0.1) is 12.8 Å². The number of aryl methyl sites for hydroxylation is 1. The largest absolute Gasteiger partial charge is 0.416 e. The van der Waals surface area contributed by atoms with Crippen molar-refractivity contribution >= 4 is 28.3 Å². The minimum Gasteiger partial charge on any atom is -0.329 e. The zero-order valence-electron chi connectivity index (χ0n) is 17.4. The Balaban J connectivity index is 2.36. The van der Waals surface area contributed by atoms with Gasteiger partial charge in [0.2, 0.25) is 5.91 Å². The summed E-state index contributed by atoms with van der Waals surface area (Å²) < 4.78 is 78.9. The average molecular weight is 481 g/mol. The molecule has 0 fully saturated rings. The summed E-state index contributed by atoms with van der Waals surface area (Å²) in [6.45, 7) is 4.83. The minimum atomic E-state index is -5.08. The van der Waals surface area contributed by atoms with E-state index in [4.69, 9.17) is 0 Å². The van der Waals surface area contributed by atoms with E-state index in [1.54, 1.807) is 6.92 Å². The predicted octanol–water partition coefficient (Wildman–Crippen LogP) is 5.62. The molecule has 0 atom stereocenters. The fourth-order valence-electron chi connectivity index (χ4n) is 2.67. The number of nitrogens with zero attached hydrogens (tertiary/aromatic N) is 2.